The van der Waals surface area contributed by atoms with Crippen LogP contribution in [-0.4, -0.2) is 19.8 Å². The summed E-state index contributed by atoms with van der Waals surface area (Å²) in [6.45, 7) is 6.14. The van der Waals surface area contributed by atoms with Crippen molar-refractivity contribution in [1.82, 2.24) is 14.0 Å². The van der Waals surface area contributed by atoms with Crippen LogP contribution < -0.4 is 10.4 Å². The molecular weight excluding hydrogens is 510 g/mol. The lowest BCUT2D eigenvalue weighted by molar-refractivity contribution is 0.630. The van der Waals surface area contributed by atoms with Gasteiger partial charge in [-0.2, -0.15) is 5.10 Å². The number of aromatic nitrogens is 3. The molecule has 0 atom stereocenters. The molecule has 0 saturated carbocycles. The molecule has 2 aromatic heterocycles. The summed E-state index contributed by atoms with van der Waals surface area (Å²) < 4.78 is 6.35. The second-order valence-corrected chi connectivity index (χ2v) is 9.85. The zero-order chi connectivity index (χ0) is 24.2. The molecule has 0 aliphatic rings. The first-order valence-corrected chi connectivity index (χ1v) is 13.0. The highest BCUT2D eigenvalue weighted by atomic mass is 79.9. The van der Waals surface area contributed by atoms with E-state index in [-0.39, 0.29) is 5.56 Å². The van der Waals surface area contributed by atoms with Gasteiger partial charge in [-0.15, -0.1) is 11.3 Å². The SMILES string of the molecule is CCCCC(C)=Nn1c(-c2ccccc2Br)csc1=Nc1c(C)n(C)n(-c2ccccc2)c1=O. The summed E-state index contributed by atoms with van der Waals surface area (Å²) >= 11 is 5.15. The predicted molar refractivity (Wildman–Crippen MR) is 144 cm³/mol. The normalized spacial score (nSPS) is 12.5. The molecule has 0 N–H and O–H groups in total. The van der Waals surface area contributed by atoms with Gasteiger partial charge in [0.2, 0.25) is 4.80 Å². The molecule has 176 valence electrons. The first-order valence-electron chi connectivity index (χ1n) is 11.3. The van der Waals surface area contributed by atoms with Crippen LogP contribution in [0, 0.1) is 6.92 Å². The minimum Gasteiger partial charge on any atom is -0.283 e. The van der Waals surface area contributed by atoms with Crippen molar-refractivity contribution in [2.24, 2.45) is 17.1 Å². The smallest absolute Gasteiger partial charge is 0.283 e. The first kappa shape index (κ1) is 24.2. The van der Waals surface area contributed by atoms with E-state index >= 15 is 0 Å². The van der Waals surface area contributed by atoms with Gasteiger partial charge in [0.15, 0.2) is 5.69 Å². The van der Waals surface area contributed by atoms with E-state index in [1.165, 1.54) is 11.3 Å². The number of halogens is 1. The third-order valence-electron chi connectivity index (χ3n) is 5.73. The van der Waals surface area contributed by atoms with Gasteiger partial charge in [-0.3, -0.25) is 9.48 Å². The fourth-order valence-corrected chi connectivity index (χ4v) is 5.07. The van der Waals surface area contributed by atoms with Gasteiger partial charge in [-0.1, -0.05) is 65.7 Å². The average molecular weight is 539 g/mol. The lowest BCUT2D eigenvalue weighted by atomic mass is 10.2. The fraction of sp³-hybridized carbons (Fsp3) is 0.269. The molecule has 0 spiro atoms. The van der Waals surface area contributed by atoms with Crippen molar-refractivity contribution < 1.29 is 0 Å². The van der Waals surface area contributed by atoms with Gasteiger partial charge in [-0.05, 0) is 44.9 Å². The summed E-state index contributed by atoms with van der Waals surface area (Å²) in [5.74, 6) is 0. The highest BCUT2D eigenvalue weighted by Crippen LogP contribution is 2.29. The molecule has 8 heteroatoms. The van der Waals surface area contributed by atoms with Crippen LogP contribution in [0.25, 0.3) is 16.9 Å². The first-order chi connectivity index (χ1) is 16.4. The number of unbranched alkanes of at least 4 members (excludes halogenated alkanes) is 1. The highest BCUT2D eigenvalue weighted by Gasteiger charge is 2.17. The highest BCUT2D eigenvalue weighted by molar-refractivity contribution is 9.10. The molecule has 4 rings (SSSR count). The molecule has 2 heterocycles. The van der Waals surface area contributed by atoms with E-state index in [1.54, 1.807) is 4.68 Å². The van der Waals surface area contributed by atoms with E-state index in [0.29, 0.717) is 10.5 Å². The molecule has 0 bridgehead atoms. The minimum absolute atomic E-state index is 0.153. The lowest BCUT2D eigenvalue weighted by Crippen LogP contribution is -2.20. The Bertz CT molecular complexity index is 1460. The van der Waals surface area contributed by atoms with Crippen molar-refractivity contribution in [3.05, 3.63) is 85.3 Å². The van der Waals surface area contributed by atoms with Crippen molar-refractivity contribution in [3.8, 4) is 16.9 Å². The molecule has 6 nitrogen and oxygen atoms in total. The average Bonchev–Trinajstić information content (AvgIpc) is 3.32. The summed E-state index contributed by atoms with van der Waals surface area (Å²) in [5, 5.41) is 6.98. The largest absolute Gasteiger partial charge is 0.297 e. The molecular formula is C26H28BrN5OS. The molecule has 0 saturated heterocycles. The Hall–Kier alpha value is -2.97. The van der Waals surface area contributed by atoms with Gasteiger partial charge in [-0.25, -0.2) is 14.4 Å². The van der Waals surface area contributed by atoms with Crippen LogP contribution in [-0.2, 0) is 7.05 Å². The van der Waals surface area contributed by atoms with Crippen LogP contribution in [0.1, 0.15) is 38.8 Å². The fourth-order valence-electron chi connectivity index (χ4n) is 3.76. The topological polar surface area (TPSA) is 56.6 Å². The number of hydrogen-bond acceptors (Lipinski definition) is 4. The van der Waals surface area contributed by atoms with Crippen LogP contribution in [0.3, 0.4) is 0 Å². The quantitative estimate of drug-likeness (QED) is 0.251. The maximum atomic E-state index is 13.4. The van der Waals surface area contributed by atoms with Crippen molar-refractivity contribution >= 4 is 38.7 Å². The van der Waals surface area contributed by atoms with Gasteiger partial charge in [0, 0.05) is 28.2 Å². The molecule has 0 aliphatic heterocycles. The maximum absolute atomic E-state index is 13.4. The van der Waals surface area contributed by atoms with Crippen LogP contribution >= 0.6 is 27.3 Å². The van der Waals surface area contributed by atoms with Crippen LogP contribution in [0.15, 0.2) is 79.3 Å². The molecule has 34 heavy (non-hydrogen) atoms. The molecule has 0 unspecified atom stereocenters. The Kier molecular flexibility index (Phi) is 7.48. The van der Waals surface area contributed by atoms with Crippen molar-refractivity contribution in [2.75, 3.05) is 0 Å². The Morgan fingerprint density at radius 1 is 1.09 bits per heavy atom. The number of thiazole rings is 1. The Morgan fingerprint density at radius 2 is 1.79 bits per heavy atom. The number of benzene rings is 2. The summed E-state index contributed by atoms with van der Waals surface area (Å²) in [6, 6.07) is 17.7. The van der Waals surface area contributed by atoms with E-state index in [0.717, 1.165) is 52.1 Å². The van der Waals surface area contributed by atoms with Crippen molar-refractivity contribution in [2.45, 2.75) is 40.0 Å². The Morgan fingerprint density at radius 3 is 2.50 bits per heavy atom. The Balaban J connectivity index is 1.93. The molecule has 0 radical (unpaired) electrons. The zero-order valence-corrected chi connectivity index (χ0v) is 22.2. The zero-order valence-electron chi connectivity index (χ0n) is 19.8. The second kappa shape index (κ2) is 10.5. The second-order valence-electron chi connectivity index (χ2n) is 8.16. The number of para-hydroxylation sites is 1. The molecule has 4 aromatic rings. The van der Waals surface area contributed by atoms with E-state index in [9.17, 15) is 4.79 Å². The van der Waals surface area contributed by atoms with Crippen LogP contribution in [0.2, 0.25) is 0 Å². The standard InChI is InChI=1S/C26H28BrN5OS/c1-5-6-12-18(2)29-31-23(21-15-10-11-16-22(21)27)17-34-26(31)28-24-19(3)30(4)32(25(24)33)20-13-8-7-9-14-20/h7-11,13-17H,5-6,12H2,1-4H3. The maximum Gasteiger partial charge on any atom is 0.297 e. The van der Waals surface area contributed by atoms with Gasteiger partial charge in [0.05, 0.1) is 17.1 Å². The van der Waals surface area contributed by atoms with Crippen LogP contribution in [0.5, 0.6) is 0 Å². The summed E-state index contributed by atoms with van der Waals surface area (Å²) in [7, 11) is 1.88. The molecule has 0 aliphatic carbocycles. The molecule has 0 amide bonds. The lowest BCUT2D eigenvalue weighted by Gasteiger charge is -2.07. The van der Waals surface area contributed by atoms with Crippen molar-refractivity contribution in [3.63, 3.8) is 0 Å². The van der Waals surface area contributed by atoms with Gasteiger partial charge in [0.25, 0.3) is 5.56 Å². The summed E-state index contributed by atoms with van der Waals surface area (Å²) in [4.78, 5) is 18.9. The van der Waals surface area contributed by atoms with E-state index in [1.807, 2.05) is 84.2 Å². The van der Waals surface area contributed by atoms with E-state index in [4.69, 9.17) is 10.1 Å². The number of nitrogens with zero attached hydrogens (tertiary/aromatic N) is 5. The third kappa shape index (κ3) is 4.79. The van der Waals surface area contributed by atoms with Gasteiger partial charge in [0.1, 0.15) is 0 Å². The predicted octanol–water partition coefficient (Wildman–Crippen LogP) is 6.42. The minimum atomic E-state index is -0.153. The summed E-state index contributed by atoms with van der Waals surface area (Å²) in [5.41, 5.74) is 4.86. The van der Waals surface area contributed by atoms with E-state index < -0.39 is 0 Å². The molecule has 2 aromatic carbocycles. The van der Waals surface area contributed by atoms with Crippen LogP contribution in [0.4, 0.5) is 5.69 Å². The third-order valence-corrected chi connectivity index (χ3v) is 7.24. The van der Waals surface area contributed by atoms with Gasteiger partial charge < -0.3 is 0 Å². The van der Waals surface area contributed by atoms with Gasteiger partial charge >= 0.3 is 0 Å². The Labute approximate surface area is 211 Å². The monoisotopic (exact) mass is 537 g/mol. The van der Waals surface area contributed by atoms with Crippen molar-refractivity contribution in [1.29, 1.82) is 0 Å². The number of hydrogen-bond donors (Lipinski definition) is 0. The van der Waals surface area contributed by atoms with E-state index in [2.05, 4.69) is 28.9 Å². The molecule has 0 fully saturated rings. The summed E-state index contributed by atoms with van der Waals surface area (Å²) in [6.07, 6.45) is 3.10. The number of rotatable bonds is 7.